The highest BCUT2D eigenvalue weighted by Crippen LogP contribution is 2.17. The van der Waals surface area contributed by atoms with E-state index in [0.29, 0.717) is 17.9 Å². The summed E-state index contributed by atoms with van der Waals surface area (Å²) in [6.45, 7) is 4.36. The molecule has 0 saturated heterocycles. The molecule has 0 aliphatic heterocycles. The van der Waals surface area contributed by atoms with Crippen LogP contribution in [0.4, 0.5) is 5.95 Å². The molecular formula is C13H15N5O2S. The number of benzene rings is 1. The van der Waals surface area contributed by atoms with Gasteiger partial charge in [-0.25, -0.2) is 14.7 Å². The normalized spacial score (nSPS) is 11.9. The average molecular weight is 305 g/mol. The zero-order valence-electron chi connectivity index (χ0n) is 11.7. The standard InChI is InChI=1S/C13H15N5O2S/c1-3-18-8-12(14-9(18)2)21(19,20)17-13-15-10-6-4-5-7-11(10)16-13/h4-8H,3H2,1-2H3,(H2,15,16,17). The summed E-state index contributed by atoms with van der Waals surface area (Å²) >= 11 is 0. The molecular weight excluding hydrogens is 290 g/mol. The van der Waals surface area contributed by atoms with E-state index in [1.807, 2.05) is 25.1 Å². The van der Waals surface area contributed by atoms with Gasteiger partial charge in [0.05, 0.1) is 11.0 Å². The van der Waals surface area contributed by atoms with E-state index in [0.717, 1.165) is 5.52 Å². The van der Waals surface area contributed by atoms with Crippen LogP contribution in [0.2, 0.25) is 0 Å². The van der Waals surface area contributed by atoms with Crippen molar-refractivity contribution in [1.82, 2.24) is 19.5 Å². The molecule has 21 heavy (non-hydrogen) atoms. The summed E-state index contributed by atoms with van der Waals surface area (Å²) in [5, 5.41) is -0.0118. The Kier molecular flexibility index (Phi) is 3.17. The zero-order chi connectivity index (χ0) is 15.0. The third-order valence-corrected chi connectivity index (χ3v) is 4.40. The fourth-order valence-corrected chi connectivity index (χ4v) is 3.08. The van der Waals surface area contributed by atoms with Crippen LogP contribution in [-0.2, 0) is 16.6 Å². The number of imidazole rings is 2. The molecule has 0 saturated carbocycles. The number of H-pyrrole nitrogens is 1. The number of hydrogen-bond donors (Lipinski definition) is 2. The molecule has 0 unspecified atom stereocenters. The number of aryl methyl sites for hydroxylation is 2. The Morgan fingerprint density at radius 1 is 1.29 bits per heavy atom. The van der Waals surface area contributed by atoms with Crippen LogP contribution in [0.15, 0.2) is 35.5 Å². The Balaban J connectivity index is 1.94. The molecule has 2 heterocycles. The fourth-order valence-electron chi connectivity index (χ4n) is 2.11. The summed E-state index contributed by atoms with van der Waals surface area (Å²) in [7, 11) is -3.75. The highest BCUT2D eigenvalue weighted by molar-refractivity contribution is 7.92. The van der Waals surface area contributed by atoms with Crippen LogP contribution in [0.3, 0.4) is 0 Å². The van der Waals surface area contributed by atoms with Gasteiger partial charge >= 0.3 is 0 Å². The van der Waals surface area contributed by atoms with Crippen molar-refractivity contribution < 1.29 is 8.42 Å². The van der Waals surface area contributed by atoms with Gasteiger partial charge in [-0.2, -0.15) is 8.42 Å². The SMILES string of the molecule is CCn1cc(S(=O)(=O)Nc2nc3ccccc3[nH]2)nc1C. The van der Waals surface area contributed by atoms with E-state index in [1.165, 1.54) is 6.20 Å². The summed E-state index contributed by atoms with van der Waals surface area (Å²) in [4.78, 5) is 11.2. The number of para-hydroxylation sites is 2. The monoisotopic (exact) mass is 305 g/mol. The molecule has 1 aromatic carbocycles. The number of fused-ring (bicyclic) bond motifs is 1. The molecule has 0 bridgehead atoms. The van der Waals surface area contributed by atoms with Gasteiger partial charge < -0.3 is 9.55 Å². The summed E-state index contributed by atoms with van der Waals surface area (Å²) in [6, 6.07) is 7.33. The van der Waals surface area contributed by atoms with E-state index in [4.69, 9.17) is 0 Å². The van der Waals surface area contributed by atoms with E-state index in [1.54, 1.807) is 17.6 Å². The van der Waals surface area contributed by atoms with Crippen molar-refractivity contribution in [1.29, 1.82) is 0 Å². The molecule has 0 aliphatic carbocycles. The van der Waals surface area contributed by atoms with Crippen molar-refractivity contribution >= 4 is 27.0 Å². The smallest absolute Gasteiger partial charge is 0.283 e. The minimum Gasteiger partial charge on any atom is -0.334 e. The lowest BCUT2D eigenvalue weighted by molar-refractivity contribution is 0.597. The molecule has 2 aromatic heterocycles. The third kappa shape index (κ3) is 2.49. The van der Waals surface area contributed by atoms with Crippen molar-refractivity contribution in [3.63, 3.8) is 0 Å². The van der Waals surface area contributed by atoms with E-state index >= 15 is 0 Å². The van der Waals surface area contributed by atoms with Crippen LogP contribution in [0.5, 0.6) is 0 Å². The highest BCUT2D eigenvalue weighted by Gasteiger charge is 2.20. The van der Waals surface area contributed by atoms with Crippen LogP contribution in [-0.4, -0.2) is 27.9 Å². The van der Waals surface area contributed by atoms with Gasteiger partial charge in [0, 0.05) is 12.7 Å². The molecule has 2 N–H and O–H groups in total. The van der Waals surface area contributed by atoms with Crippen LogP contribution in [0, 0.1) is 6.92 Å². The van der Waals surface area contributed by atoms with Gasteiger partial charge in [0.25, 0.3) is 10.0 Å². The van der Waals surface area contributed by atoms with Crippen LogP contribution >= 0.6 is 0 Å². The molecule has 7 nitrogen and oxygen atoms in total. The van der Waals surface area contributed by atoms with Gasteiger partial charge in [0.15, 0.2) is 5.03 Å². The fraction of sp³-hybridized carbons (Fsp3) is 0.231. The lowest BCUT2D eigenvalue weighted by Crippen LogP contribution is -2.14. The molecule has 3 aromatic rings. The topological polar surface area (TPSA) is 92.7 Å². The van der Waals surface area contributed by atoms with Gasteiger partial charge in [-0.05, 0) is 26.0 Å². The predicted molar refractivity (Wildman–Crippen MR) is 79.5 cm³/mol. The Morgan fingerprint density at radius 3 is 2.71 bits per heavy atom. The van der Waals surface area contributed by atoms with E-state index in [-0.39, 0.29) is 11.0 Å². The number of aromatic amines is 1. The highest BCUT2D eigenvalue weighted by atomic mass is 32.2. The molecule has 0 aliphatic rings. The second-order valence-corrected chi connectivity index (χ2v) is 6.25. The second-order valence-electron chi connectivity index (χ2n) is 4.62. The Morgan fingerprint density at radius 2 is 2.05 bits per heavy atom. The summed E-state index contributed by atoms with van der Waals surface area (Å²) in [5.41, 5.74) is 1.47. The first-order chi connectivity index (χ1) is 9.99. The lowest BCUT2D eigenvalue weighted by atomic mass is 10.3. The van der Waals surface area contributed by atoms with Crippen LogP contribution < -0.4 is 4.72 Å². The average Bonchev–Trinajstić information content (AvgIpc) is 3.00. The predicted octanol–water partition coefficient (Wildman–Crippen LogP) is 1.89. The number of nitrogens with one attached hydrogen (secondary N) is 2. The maximum atomic E-state index is 12.3. The molecule has 0 spiro atoms. The van der Waals surface area contributed by atoms with Crippen molar-refractivity contribution in [3.8, 4) is 0 Å². The minimum atomic E-state index is -3.75. The summed E-state index contributed by atoms with van der Waals surface area (Å²) in [5.74, 6) is 0.836. The molecule has 3 rings (SSSR count). The minimum absolute atomic E-state index is 0.0118. The number of anilines is 1. The van der Waals surface area contributed by atoms with Crippen molar-refractivity contribution in [2.75, 3.05) is 4.72 Å². The molecule has 0 radical (unpaired) electrons. The van der Waals surface area contributed by atoms with Gasteiger partial charge in [-0.3, -0.25) is 0 Å². The first-order valence-corrected chi connectivity index (χ1v) is 7.99. The van der Waals surface area contributed by atoms with Gasteiger partial charge in [0.1, 0.15) is 5.82 Å². The van der Waals surface area contributed by atoms with Crippen molar-refractivity contribution in [2.45, 2.75) is 25.4 Å². The number of aromatic nitrogens is 4. The quantitative estimate of drug-likeness (QED) is 0.770. The first kappa shape index (κ1) is 13.6. The number of rotatable bonds is 4. The van der Waals surface area contributed by atoms with Gasteiger partial charge in [-0.15, -0.1) is 0 Å². The maximum absolute atomic E-state index is 12.3. The molecule has 0 atom stereocenters. The van der Waals surface area contributed by atoms with Crippen LogP contribution in [0.1, 0.15) is 12.7 Å². The van der Waals surface area contributed by atoms with E-state index < -0.39 is 10.0 Å². The van der Waals surface area contributed by atoms with Crippen LogP contribution in [0.25, 0.3) is 11.0 Å². The Bertz CT molecular complexity index is 861. The van der Waals surface area contributed by atoms with E-state index in [9.17, 15) is 8.42 Å². The molecule has 0 fully saturated rings. The molecule has 110 valence electrons. The van der Waals surface area contributed by atoms with Gasteiger partial charge in [0.2, 0.25) is 5.95 Å². The molecule has 0 amide bonds. The van der Waals surface area contributed by atoms with Crippen molar-refractivity contribution in [2.24, 2.45) is 0 Å². The first-order valence-electron chi connectivity index (χ1n) is 6.51. The maximum Gasteiger partial charge on any atom is 0.283 e. The summed E-state index contributed by atoms with van der Waals surface area (Å²) in [6.07, 6.45) is 1.51. The number of sulfonamides is 1. The Labute approximate surface area is 122 Å². The second kappa shape index (κ2) is 4.88. The zero-order valence-corrected chi connectivity index (χ0v) is 12.5. The summed E-state index contributed by atoms with van der Waals surface area (Å²) < 4.78 is 28.8. The largest absolute Gasteiger partial charge is 0.334 e. The Hall–Kier alpha value is -2.35. The van der Waals surface area contributed by atoms with E-state index in [2.05, 4.69) is 19.7 Å². The van der Waals surface area contributed by atoms with Gasteiger partial charge in [-0.1, -0.05) is 12.1 Å². The molecule has 8 heteroatoms. The third-order valence-electron chi connectivity index (χ3n) is 3.19. The number of nitrogens with zero attached hydrogens (tertiary/aromatic N) is 3. The lowest BCUT2D eigenvalue weighted by Gasteiger charge is -2.01. The number of hydrogen-bond acceptors (Lipinski definition) is 4. The van der Waals surface area contributed by atoms with Crippen molar-refractivity contribution in [3.05, 3.63) is 36.3 Å².